The standard InChI is InChI=1S/C23H34O/c1-15(2)20-10-11-21-19(7-6-12-23(20,21)5)9-8-18-13-16(3)17(4)22(24)14-18/h8-9,16,21-22,24H,4,6-7,10-14H2,1-3,5H3/b18-8-,19-9+/t16-,21+,22-,23-/m1/s1. The predicted octanol–water partition coefficient (Wildman–Crippen LogP) is 6.12. The van der Waals surface area contributed by atoms with Crippen LogP contribution in [0.4, 0.5) is 0 Å². The van der Waals surface area contributed by atoms with E-state index in [1.54, 1.807) is 16.7 Å². The van der Waals surface area contributed by atoms with Crippen LogP contribution >= 0.6 is 0 Å². The third-order valence-corrected chi connectivity index (χ3v) is 6.97. The molecule has 3 fully saturated rings. The van der Waals surface area contributed by atoms with Gasteiger partial charge in [0.15, 0.2) is 0 Å². The number of aliphatic hydroxyl groups excluding tert-OH is 1. The minimum Gasteiger partial charge on any atom is -0.388 e. The SMILES string of the molecule is C=C1[C@H](C)C/C(=C/C=C2\CCC[C@]3(C)C(=C(C)C)CC[C@@H]23)C[C@H]1O. The lowest BCUT2D eigenvalue weighted by atomic mass is 9.65. The van der Waals surface area contributed by atoms with Crippen molar-refractivity contribution in [3.8, 4) is 0 Å². The van der Waals surface area contributed by atoms with Crippen LogP contribution in [0.1, 0.15) is 72.6 Å². The maximum Gasteiger partial charge on any atom is 0.0787 e. The fourth-order valence-electron chi connectivity index (χ4n) is 5.55. The Morgan fingerprint density at radius 2 is 1.96 bits per heavy atom. The second-order valence-corrected chi connectivity index (χ2v) is 8.81. The zero-order chi connectivity index (χ0) is 17.5. The van der Waals surface area contributed by atoms with Crippen molar-refractivity contribution < 1.29 is 5.11 Å². The Morgan fingerprint density at radius 3 is 2.62 bits per heavy atom. The summed E-state index contributed by atoms with van der Waals surface area (Å²) >= 11 is 0. The van der Waals surface area contributed by atoms with Crippen LogP contribution in [0.2, 0.25) is 0 Å². The topological polar surface area (TPSA) is 20.2 Å². The van der Waals surface area contributed by atoms with Gasteiger partial charge in [-0.3, -0.25) is 0 Å². The van der Waals surface area contributed by atoms with Crippen LogP contribution < -0.4 is 0 Å². The Kier molecular flexibility index (Phi) is 4.93. The second kappa shape index (κ2) is 6.67. The number of hydrogen-bond acceptors (Lipinski definition) is 1. The predicted molar refractivity (Wildman–Crippen MR) is 103 cm³/mol. The Labute approximate surface area is 148 Å². The van der Waals surface area contributed by atoms with Crippen LogP contribution in [0, 0.1) is 17.3 Å². The molecule has 3 rings (SSSR count). The van der Waals surface area contributed by atoms with Crippen molar-refractivity contribution in [3.05, 3.63) is 46.6 Å². The van der Waals surface area contributed by atoms with Crippen molar-refractivity contribution in [3.63, 3.8) is 0 Å². The molecule has 4 atom stereocenters. The van der Waals surface area contributed by atoms with E-state index in [-0.39, 0.29) is 6.10 Å². The lowest BCUT2D eigenvalue weighted by Gasteiger charge is -2.40. The summed E-state index contributed by atoms with van der Waals surface area (Å²) in [6, 6.07) is 0. The van der Waals surface area contributed by atoms with E-state index in [1.165, 1.54) is 37.7 Å². The van der Waals surface area contributed by atoms with Gasteiger partial charge in [-0.1, -0.05) is 54.9 Å². The first-order valence-corrected chi connectivity index (χ1v) is 9.75. The third kappa shape index (κ3) is 3.08. The monoisotopic (exact) mass is 326 g/mol. The fourth-order valence-corrected chi connectivity index (χ4v) is 5.55. The molecule has 0 radical (unpaired) electrons. The summed E-state index contributed by atoms with van der Waals surface area (Å²) in [4.78, 5) is 0. The number of hydrogen-bond donors (Lipinski definition) is 1. The highest BCUT2D eigenvalue weighted by molar-refractivity contribution is 5.34. The Hall–Kier alpha value is -1.08. The van der Waals surface area contributed by atoms with Gasteiger partial charge in [0.1, 0.15) is 0 Å². The molecule has 0 aromatic rings. The van der Waals surface area contributed by atoms with Crippen molar-refractivity contribution in [2.45, 2.75) is 78.7 Å². The first-order valence-electron chi connectivity index (χ1n) is 9.75. The van der Waals surface area contributed by atoms with E-state index in [9.17, 15) is 5.11 Å². The summed E-state index contributed by atoms with van der Waals surface area (Å²) in [6.07, 6.45) is 12.7. The van der Waals surface area contributed by atoms with Gasteiger partial charge in [-0.25, -0.2) is 0 Å². The number of allylic oxidation sites excluding steroid dienone is 5. The van der Waals surface area contributed by atoms with E-state index >= 15 is 0 Å². The lowest BCUT2D eigenvalue weighted by Crippen LogP contribution is -2.29. The molecular weight excluding hydrogens is 292 g/mol. The molecule has 3 saturated carbocycles. The third-order valence-electron chi connectivity index (χ3n) is 6.97. The maximum absolute atomic E-state index is 10.2. The van der Waals surface area contributed by atoms with Crippen molar-refractivity contribution in [2.75, 3.05) is 0 Å². The molecule has 132 valence electrons. The molecule has 1 heteroatoms. The number of rotatable bonds is 1. The van der Waals surface area contributed by atoms with E-state index < -0.39 is 0 Å². The molecule has 0 aliphatic heterocycles. The minimum absolute atomic E-state index is 0.348. The zero-order valence-electron chi connectivity index (χ0n) is 16.0. The van der Waals surface area contributed by atoms with Gasteiger partial charge >= 0.3 is 0 Å². The highest BCUT2D eigenvalue weighted by atomic mass is 16.3. The molecule has 0 aromatic heterocycles. The number of fused-ring (bicyclic) bond motifs is 1. The summed E-state index contributed by atoms with van der Waals surface area (Å²) in [5.74, 6) is 1.13. The van der Waals surface area contributed by atoms with Gasteiger partial charge in [0.25, 0.3) is 0 Å². The van der Waals surface area contributed by atoms with E-state index in [0.29, 0.717) is 11.3 Å². The second-order valence-electron chi connectivity index (χ2n) is 8.81. The molecule has 0 bridgehead atoms. The molecule has 0 heterocycles. The van der Waals surface area contributed by atoms with Crippen molar-refractivity contribution >= 4 is 0 Å². The van der Waals surface area contributed by atoms with E-state index in [4.69, 9.17) is 0 Å². The normalized spacial score (nSPS) is 40.3. The molecule has 1 N–H and O–H groups in total. The average molecular weight is 327 g/mol. The highest BCUT2D eigenvalue weighted by Gasteiger charge is 2.46. The van der Waals surface area contributed by atoms with Crippen LogP contribution in [0.15, 0.2) is 46.6 Å². The summed E-state index contributed by atoms with van der Waals surface area (Å²) in [5.41, 5.74) is 7.72. The van der Waals surface area contributed by atoms with E-state index in [1.807, 2.05) is 0 Å². The first-order chi connectivity index (χ1) is 11.3. The lowest BCUT2D eigenvalue weighted by molar-refractivity contribution is 0.185. The van der Waals surface area contributed by atoms with Gasteiger partial charge in [0, 0.05) is 0 Å². The molecule has 0 amide bonds. The van der Waals surface area contributed by atoms with Crippen LogP contribution in [-0.2, 0) is 0 Å². The quantitative estimate of drug-likeness (QED) is 0.575. The molecule has 3 aliphatic rings. The maximum atomic E-state index is 10.2. The molecule has 0 spiro atoms. The summed E-state index contributed by atoms with van der Waals surface area (Å²) in [5, 5.41) is 10.2. The Balaban J connectivity index is 1.83. The molecule has 24 heavy (non-hydrogen) atoms. The summed E-state index contributed by atoms with van der Waals surface area (Å²) in [7, 11) is 0. The van der Waals surface area contributed by atoms with Crippen LogP contribution in [0.5, 0.6) is 0 Å². The smallest absolute Gasteiger partial charge is 0.0787 e. The minimum atomic E-state index is -0.348. The first kappa shape index (κ1) is 17.7. The van der Waals surface area contributed by atoms with Gasteiger partial charge in [0.2, 0.25) is 0 Å². The van der Waals surface area contributed by atoms with Crippen molar-refractivity contribution in [1.82, 2.24) is 0 Å². The largest absolute Gasteiger partial charge is 0.388 e. The molecule has 0 aromatic carbocycles. The van der Waals surface area contributed by atoms with Crippen molar-refractivity contribution in [1.29, 1.82) is 0 Å². The van der Waals surface area contributed by atoms with Crippen LogP contribution in [-0.4, -0.2) is 11.2 Å². The van der Waals surface area contributed by atoms with Gasteiger partial charge < -0.3 is 5.11 Å². The zero-order valence-corrected chi connectivity index (χ0v) is 16.0. The fraction of sp³-hybridized carbons (Fsp3) is 0.652. The van der Waals surface area contributed by atoms with E-state index in [0.717, 1.165) is 24.3 Å². The molecule has 0 saturated heterocycles. The van der Waals surface area contributed by atoms with Crippen LogP contribution in [0.3, 0.4) is 0 Å². The molecule has 1 nitrogen and oxygen atoms in total. The van der Waals surface area contributed by atoms with Gasteiger partial charge in [-0.05, 0) is 81.6 Å². The molecule has 3 aliphatic carbocycles. The Morgan fingerprint density at radius 1 is 1.21 bits per heavy atom. The van der Waals surface area contributed by atoms with Crippen LogP contribution in [0.25, 0.3) is 0 Å². The molecular formula is C23H34O. The van der Waals surface area contributed by atoms with Gasteiger partial charge in [-0.15, -0.1) is 0 Å². The summed E-state index contributed by atoms with van der Waals surface area (Å²) in [6.45, 7) is 13.3. The van der Waals surface area contributed by atoms with Crippen molar-refractivity contribution in [2.24, 2.45) is 17.3 Å². The van der Waals surface area contributed by atoms with E-state index in [2.05, 4.69) is 46.4 Å². The molecule has 0 unspecified atom stereocenters. The average Bonchev–Trinajstić information content (AvgIpc) is 2.88. The Bertz CT molecular complexity index is 598. The van der Waals surface area contributed by atoms with Gasteiger partial charge in [0.05, 0.1) is 6.10 Å². The highest BCUT2D eigenvalue weighted by Crippen LogP contribution is 2.57. The van der Waals surface area contributed by atoms with Gasteiger partial charge in [-0.2, -0.15) is 0 Å². The summed E-state index contributed by atoms with van der Waals surface area (Å²) < 4.78 is 0. The number of aliphatic hydroxyl groups is 1.